The summed E-state index contributed by atoms with van der Waals surface area (Å²) in [6.45, 7) is 0.891. The fraction of sp³-hybridized carbons (Fsp3) is 0.429. The van der Waals surface area contributed by atoms with Crippen molar-refractivity contribution in [2.45, 2.75) is 25.3 Å². The van der Waals surface area contributed by atoms with Gasteiger partial charge in [0.05, 0.1) is 18.2 Å². The minimum Gasteiger partial charge on any atom is -0.493 e. The minimum atomic E-state index is -0.506. The average molecular weight is 262 g/mol. The second-order valence-corrected chi connectivity index (χ2v) is 4.51. The van der Waals surface area contributed by atoms with Gasteiger partial charge in [0.15, 0.2) is 5.78 Å². The van der Waals surface area contributed by atoms with Crippen molar-refractivity contribution in [3.8, 4) is 5.75 Å². The Kier molecular flexibility index (Phi) is 4.52. The van der Waals surface area contributed by atoms with Crippen LogP contribution in [0.2, 0.25) is 0 Å². The fourth-order valence-electron chi connectivity index (χ4n) is 2.07. The number of hydrogen-bond acceptors (Lipinski definition) is 4. The first-order chi connectivity index (χ1) is 9.22. The average Bonchev–Trinajstić information content (AvgIpc) is 2.58. The predicted octanol–water partition coefficient (Wildman–Crippen LogP) is 0.875. The molecule has 19 heavy (non-hydrogen) atoms. The van der Waals surface area contributed by atoms with Crippen molar-refractivity contribution in [1.82, 2.24) is 5.32 Å². The topological polar surface area (TPSA) is 81.4 Å². The first kappa shape index (κ1) is 13.5. The molecule has 0 saturated carbocycles. The molecule has 1 amide bonds. The zero-order valence-electron chi connectivity index (χ0n) is 10.7. The largest absolute Gasteiger partial charge is 0.493 e. The summed E-state index contributed by atoms with van der Waals surface area (Å²) in [6, 6.07) is 6.60. The molecule has 0 radical (unpaired) electrons. The molecule has 1 aromatic rings. The van der Waals surface area contributed by atoms with E-state index in [1.54, 1.807) is 18.2 Å². The number of benzene rings is 1. The Morgan fingerprint density at radius 3 is 3.00 bits per heavy atom. The van der Waals surface area contributed by atoms with Crippen LogP contribution in [0.3, 0.4) is 0 Å². The van der Waals surface area contributed by atoms with E-state index in [1.165, 1.54) is 0 Å². The molecule has 3 N–H and O–H groups in total. The van der Waals surface area contributed by atoms with Gasteiger partial charge in [0.1, 0.15) is 5.75 Å². The number of carbonyl (C=O) groups excluding carboxylic acids is 2. The second kappa shape index (κ2) is 6.33. The molecule has 1 aromatic carbocycles. The zero-order valence-corrected chi connectivity index (χ0v) is 10.7. The molecule has 1 aliphatic rings. The predicted molar refractivity (Wildman–Crippen MR) is 71.1 cm³/mol. The first-order valence-corrected chi connectivity index (χ1v) is 6.48. The van der Waals surface area contributed by atoms with Crippen molar-refractivity contribution in [3.05, 3.63) is 29.8 Å². The van der Waals surface area contributed by atoms with Gasteiger partial charge in [0.25, 0.3) is 0 Å². The maximum absolute atomic E-state index is 12.3. The standard InChI is InChI=1S/C14H18N2O3/c15-8-3-6-13(17)16-11-7-9-19-12-5-2-1-4-10(12)14(11)18/h1-2,4-5,11H,3,6-9,15H2,(H,16,17). The zero-order chi connectivity index (χ0) is 13.7. The number of fused-ring (bicyclic) bond motifs is 1. The molecule has 5 heteroatoms. The summed E-state index contributed by atoms with van der Waals surface area (Å²) in [5.74, 6) is 0.364. The Labute approximate surface area is 112 Å². The Bertz CT molecular complexity index is 474. The quantitative estimate of drug-likeness (QED) is 0.843. The highest BCUT2D eigenvalue weighted by molar-refractivity contribution is 6.04. The van der Waals surface area contributed by atoms with Gasteiger partial charge in [-0.1, -0.05) is 12.1 Å². The fourth-order valence-corrected chi connectivity index (χ4v) is 2.07. The van der Waals surface area contributed by atoms with Crippen molar-refractivity contribution in [2.24, 2.45) is 5.73 Å². The lowest BCUT2D eigenvalue weighted by molar-refractivity contribution is -0.121. The van der Waals surface area contributed by atoms with Crippen LogP contribution < -0.4 is 15.8 Å². The summed E-state index contributed by atoms with van der Waals surface area (Å²) in [5, 5.41) is 2.76. The number of Topliss-reactive ketones (excluding diaryl/α,β-unsaturated/α-hetero) is 1. The molecular formula is C14H18N2O3. The number of ether oxygens (including phenoxy) is 1. The molecule has 1 heterocycles. The number of hydrogen-bond donors (Lipinski definition) is 2. The van der Waals surface area contributed by atoms with E-state index in [2.05, 4.69) is 5.32 Å². The highest BCUT2D eigenvalue weighted by atomic mass is 16.5. The van der Waals surface area contributed by atoms with Crippen molar-refractivity contribution in [3.63, 3.8) is 0 Å². The molecule has 0 fully saturated rings. The molecular weight excluding hydrogens is 244 g/mol. The van der Waals surface area contributed by atoms with Gasteiger partial charge in [-0.2, -0.15) is 0 Å². The van der Waals surface area contributed by atoms with Crippen molar-refractivity contribution >= 4 is 11.7 Å². The van der Waals surface area contributed by atoms with Crippen LogP contribution in [0.25, 0.3) is 0 Å². The number of para-hydroxylation sites is 1. The van der Waals surface area contributed by atoms with Gasteiger partial charge in [0.2, 0.25) is 5.91 Å². The van der Waals surface area contributed by atoms with Crippen LogP contribution >= 0.6 is 0 Å². The van der Waals surface area contributed by atoms with E-state index < -0.39 is 6.04 Å². The molecule has 0 aromatic heterocycles. The smallest absolute Gasteiger partial charge is 0.220 e. The SMILES string of the molecule is NCCCC(=O)NC1CCOc2ccccc2C1=O. The van der Waals surface area contributed by atoms with Gasteiger partial charge in [0, 0.05) is 12.8 Å². The maximum atomic E-state index is 12.3. The highest BCUT2D eigenvalue weighted by Crippen LogP contribution is 2.23. The maximum Gasteiger partial charge on any atom is 0.220 e. The van der Waals surface area contributed by atoms with Crippen LogP contribution in [-0.2, 0) is 4.79 Å². The molecule has 2 rings (SSSR count). The molecule has 102 valence electrons. The number of rotatable bonds is 4. The second-order valence-electron chi connectivity index (χ2n) is 4.51. The van der Waals surface area contributed by atoms with Gasteiger partial charge in [-0.05, 0) is 25.1 Å². The number of amides is 1. The van der Waals surface area contributed by atoms with Crippen LogP contribution in [0.15, 0.2) is 24.3 Å². The Balaban J connectivity index is 2.07. The molecule has 0 spiro atoms. The Morgan fingerprint density at radius 1 is 1.42 bits per heavy atom. The summed E-state index contributed by atoms with van der Waals surface area (Å²) >= 11 is 0. The lowest BCUT2D eigenvalue weighted by Gasteiger charge is -2.14. The lowest BCUT2D eigenvalue weighted by atomic mass is 10.0. The molecule has 1 aliphatic heterocycles. The molecule has 5 nitrogen and oxygen atoms in total. The van der Waals surface area contributed by atoms with Crippen molar-refractivity contribution in [2.75, 3.05) is 13.2 Å². The van der Waals surface area contributed by atoms with Gasteiger partial charge >= 0.3 is 0 Å². The summed E-state index contributed by atoms with van der Waals surface area (Å²) in [5.41, 5.74) is 5.89. The number of carbonyl (C=O) groups is 2. The monoisotopic (exact) mass is 262 g/mol. The van der Waals surface area contributed by atoms with Crippen LogP contribution in [-0.4, -0.2) is 30.9 Å². The van der Waals surface area contributed by atoms with E-state index in [9.17, 15) is 9.59 Å². The Morgan fingerprint density at radius 2 is 2.21 bits per heavy atom. The van der Waals surface area contributed by atoms with Gasteiger partial charge in [-0.3, -0.25) is 9.59 Å². The summed E-state index contributed by atoms with van der Waals surface area (Å²) in [4.78, 5) is 24.0. The van der Waals surface area contributed by atoms with Crippen LogP contribution in [0.4, 0.5) is 0 Å². The van der Waals surface area contributed by atoms with Crippen LogP contribution in [0.5, 0.6) is 5.75 Å². The minimum absolute atomic E-state index is 0.0887. The molecule has 1 atom stereocenters. The summed E-state index contributed by atoms with van der Waals surface area (Å²) in [6.07, 6.45) is 1.46. The number of nitrogens with one attached hydrogen (secondary N) is 1. The van der Waals surface area contributed by atoms with Gasteiger partial charge in [-0.15, -0.1) is 0 Å². The third-order valence-electron chi connectivity index (χ3n) is 3.08. The normalized spacial score (nSPS) is 18.2. The van der Waals surface area contributed by atoms with Crippen LogP contribution in [0, 0.1) is 0 Å². The van der Waals surface area contributed by atoms with E-state index in [0.717, 1.165) is 0 Å². The van der Waals surface area contributed by atoms with Crippen molar-refractivity contribution in [1.29, 1.82) is 0 Å². The lowest BCUT2D eigenvalue weighted by Crippen LogP contribution is -2.41. The molecule has 0 saturated heterocycles. The van der Waals surface area contributed by atoms with E-state index in [4.69, 9.17) is 10.5 Å². The van der Waals surface area contributed by atoms with Gasteiger partial charge < -0.3 is 15.8 Å². The van der Waals surface area contributed by atoms with E-state index in [1.807, 2.05) is 6.07 Å². The van der Waals surface area contributed by atoms with E-state index in [-0.39, 0.29) is 11.7 Å². The van der Waals surface area contributed by atoms with E-state index >= 15 is 0 Å². The Hall–Kier alpha value is -1.88. The molecule has 1 unspecified atom stereocenters. The van der Waals surface area contributed by atoms with Crippen molar-refractivity contribution < 1.29 is 14.3 Å². The highest BCUT2D eigenvalue weighted by Gasteiger charge is 2.27. The first-order valence-electron chi connectivity index (χ1n) is 6.48. The summed E-state index contributed by atoms with van der Waals surface area (Å²) < 4.78 is 5.52. The number of nitrogens with two attached hydrogens (primary N) is 1. The van der Waals surface area contributed by atoms with E-state index in [0.29, 0.717) is 43.7 Å². The van der Waals surface area contributed by atoms with Gasteiger partial charge in [-0.25, -0.2) is 0 Å². The number of ketones is 1. The third-order valence-corrected chi connectivity index (χ3v) is 3.08. The third kappa shape index (κ3) is 3.32. The molecule has 0 aliphatic carbocycles. The molecule has 0 bridgehead atoms. The summed E-state index contributed by atoms with van der Waals surface area (Å²) in [7, 11) is 0. The van der Waals surface area contributed by atoms with Crippen LogP contribution in [0.1, 0.15) is 29.6 Å².